The van der Waals surface area contributed by atoms with Crippen molar-refractivity contribution >= 4 is 5.91 Å². The van der Waals surface area contributed by atoms with E-state index in [9.17, 15) is 4.79 Å². The number of amides is 1. The molecule has 16 heavy (non-hydrogen) atoms. The smallest absolute Gasteiger partial charge is 0.234 e. The average Bonchev–Trinajstić information content (AvgIpc) is 2.14. The Morgan fingerprint density at radius 2 is 2.12 bits per heavy atom. The lowest BCUT2D eigenvalue weighted by Crippen LogP contribution is -2.42. The van der Waals surface area contributed by atoms with Gasteiger partial charge in [0.2, 0.25) is 5.91 Å². The van der Waals surface area contributed by atoms with Crippen LogP contribution in [0.4, 0.5) is 0 Å². The van der Waals surface area contributed by atoms with E-state index in [1.807, 2.05) is 18.9 Å². The monoisotopic (exact) mass is 232 g/mol. The summed E-state index contributed by atoms with van der Waals surface area (Å²) in [6.07, 6.45) is 0.357. The molecule has 5 nitrogen and oxygen atoms in total. The lowest BCUT2D eigenvalue weighted by Gasteiger charge is -2.19. The van der Waals surface area contributed by atoms with Crippen molar-refractivity contribution in [2.75, 3.05) is 33.9 Å². The predicted octanol–water partition coefficient (Wildman–Crippen LogP) is -0.160. The second-order valence-electron chi connectivity index (χ2n) is 4.30. The third kappa shape index (κ3) is 8.64. The van der Waals surface area contributed by atoms with Crippen LogP contribution in [-0.4, -0.2) is 61.9 Å². The zero-order valence-electron chi connectivity index (χ0n) is 10.7. The summed E-state index contributed by atoms with van der Waals surface area (Å²) in [4.78, 5) is 13.4. The molecule has 2 atom stereocenters. The molecule has 2 unspecified atom stereocenters. The van der Waals surface area contributed by atoms with Gasteiger partial charge in [-0.3, -0.25) is 9.69 Å². The highest BCUT2D eigenvalue weighted by Crippen LogP contribution is 1.93. The largest absolute Gasteiger partial charge is 0.393 e. The summed E-state index contributed by atoms with van der Waals surface area (Å²) in [6, 6.07) is 0.0302. The number of nitrogens with one attached hydrogen (secondary N) is 1. The zero-order valence-corrected chi connectivity index (χ0v) is 10.7. The Bertz CT molecular complexity index is 198. The van der Waals surface area contributed by atoms with Crippen LogP contribution in [0.1, 0.15) is 20.3 Å². The van der Waals surface area contributed by atoms with Crippen LogP contribution in [-0.2, 0) is 9.53 Å². The minimum absolute atomic E-state index is 0.0161. The molecule has 2 N–H and O–H groups in total. The van der Waals surface area contributed by atoms with Gasteiger partial charge in [-0.05, 0) is 27.3 Å². The Kier molecular flexibility index (Phi) is 8.15. The molecule has 0 aromatic rings. The molecule has 1 amide bonds. The van der Waals surface area contributed by atoms with Gasteiger partial charge in [-0.1, -0.05) is 0 Å². The van der Waals surface area contributed by atoms with Crippen molar-refractivity contribution in [3.05, 3.63) is 0 Å². The van der Waals surface area contributed by atoms with Crippen LogP contribution in [0, 0.1) is 0 Å². The first-order chi connectivity index (χ1) is 7.45. The number of methoxy groups -OCH3 is 1. The number of nitrogens with zero attached hydrogens (tertiary/aromatic N) is 1. The topological polar surface area (TPSA) is 61.8 Å². The fraction of sp³-hybridized carbons (Fsp3) is 0.909. The molecule has 0 aliphatic rings. The van der Waals surface area contributed by atoms with Crippen molar-refractivity contribution in [1.82, 2.24) is 10.2 Å². The number of aliphatic hydroxyl groups excluding tert-OH is 1. The van der Waals surface area contributed by atoms with Crippen LogP contribution in [0.25, 0.3) is 0 Å². The molecule has 0 radical (unpaired) electrons. The third-order valence-corrected chi connectivity index (χ3v) is 2.17. The average molecular weight is 232 g/mol. The summed E-state index contributed by atoms with van der Waals surface area (Å²) in [7, 11) is 3.47. The van der Waals surface area contributed by atoms with Crippen LogP contribution >= 0.6 is 0 Å². The van der Waals surface area contributed by atoms with E-state index < -0.39 is 0 Å². The quantitative estimate of drug-likeness (QED) is 0.610. The molecular weight excluding hydrogens is 208 g/mol. The summed E-state index contributed by atoms with van der Waals surface area (Å²) in [5.74, 6) is -0.0161. The first-order valence-corrected chi connectivity index (χ1v) is 5.60. The molecule has 0 aromatic carbocycles. The second-order valence-corrected chi connectivity index (χ2v) is 4.30. The van der Waals surface area contributed by atoms with Gasteiger partial charge in [0.05, 0.1) is 19.3 Å². The van der Waals surface area contributed by atoms with Gasteiger partial charge in [-0.25, -0.2) is 0 Å². The number of hydrogen-bond donors (Lipinski definition) is 2. The summed E-state index contributed by atoms with van der Waals surface area (Å²) < 4.78 is 4.93. The summed E-state index contributed by atoms with van der Waals surface area (Å²) in [5.41, 5.74) is 0. The van der Waals surface area contributed by atoms with Gasteiger partial charge in [-0.15, -0.1) is 0 Å². The number of likely N-dealkylation sites (N-methyl/N-ethyl adjacent to an activating group) is 1. The van der Waals surface area contributed by atoms with E-state index in [1.54, 1.807) is 14.0 Å². The molecule has 5 heteroatoms. The molecule has 0 bridgehead atoms. The molecule has 0 spiro atoms. The van der Waals surface area contributed by atoms with Crippen molar-refractivity contribution in [1.29, 1.82) is 0 Å². The number of hydrogen-bond acceptors (Lipinski definition) is 4. The number of rotatable bonds is 8. The minimum Gasteiger partial charge on any atom is -0.393 e. The lowest BCUT2D eigenvalue weighted by atomic mass is 10.3. The van der Waals surface area contributed by atoms with Crippen molar-refractivity contribution in [2.45, 2.75) is 32.4 Å². The van der Waals surface area contributed by atoms with E-state index in [-0.39, 0.29) is 18.1 Å². The van der Waals surface area contributed by atoms with Gasteiger partial charge in [0.1, 0.15) is 0 Å². The predicted molar refractivity (Wildman–Crippen MR) is 63.3 cm³/mol. The summed E-state index contributed by atoms with van der Waals surface area (Å²) >= 11 is 0. The molecule has 0 aliphatic carbocycles. The zero-order chi connectivity index (χ0) is 12.6. The van der Waals surface area contributed by atoms with E-state index in [0.717, 1.165) is 0 Å². The molecule has 0 heterocycles. The molecule has 0 saturated carbocycles. The normalized spacial score (nSPS) is 14.9. The highest BCUT2D eigenvalue weighted by Gasteiger charge is 2.10. The van der Waals surface area contributed by atoms with Crippen molar-refractivity contribution in [3.63, 3.8) is 0 Å². The highest BCUT2D eigenvalue weighted by molar-refractivity contribution is 5.78. The van der Waals surface area contributed by atoms with Crippen LogP contribution in [0.3, 0.4) is 0 Å². The van der Waals surface area contributed by atoms with Crippen molar-refractivity contribution in [2.24, 2.45) is 0 Å². The van der Waals surface area contributed by atoms with E-state index in [1.165, 1.54) is 0 Å². The molecule has 0 aliphatic heterocycles. The highest BCUT2D eigenvalue weighted by atomic mass is 16.5. The Hall–Kier alpha value is -0.650. The van der Waals surface area contributed by atoms with Gasteiger partial charge in [-0.2, -0.15) is 0 Å². The van der Waals surface area contributed by atoms with Crippen molar-refractivity contribution < 1.29 is 14.6 Å². The third-order valence-electron chi connectivity index (χ3n) is 2.17. The SMILES string of the molecule is COCC(C)NC(=O)CN(C)CCC(C)O. The fourth-order valence-corrected chi connectivity index (χ4v) is 1.34. The lowest BCUT2D eigenvalue weighted by molar-refractivity contribution is -0.123. The van der Waals surface area contributed by atoms with E-state index in [4.69, 9.17) is 9.84 Å². The maximum Gasteiger partial charge on any atom is 0.234 e. The van der Waals surface area contributed by atoms with Gasteiger partial charge in [0.25, 0.3) is 0 Å². The van der Waals surface area contributed by atoms with Gasteiger partial charge >= 0.3 is 0 Å². The number of carbonyl (C=O) groups is 1. The Labute approximate surface area is 97.8 Å². The van der Waals surface area contributed by atoms with Crippen LogP contribution < -0.4 is 5.32 Å². The summed E-state index contributed by atoms with van der Waals surface area (Å²) in [6.45, 7) is 5.22. The van der Waals surface area contributed by atoms with Gasteiger partial charge in [0.15, 0.2) is 0 Å². The number of ether oxygens (including phenoxy) is 1. The standard InChI is InChI=1S/C11H24N2O3/c1-9(8-16-4)12-11(15)7-13(3)6-5-10(2)14/h9-10,14H,5-8H2,1-4H3,(H,12,15). The minimum atomic E-state index is -0.321. The van der Waals surface area contributed by atoms with Gasteiger partial charge in [0, 0.05) is 19.7 Å². The molecule has 0 aromatic heterocycles. The van der Waals surface area contributed by atoms with Crippen LogP contribution in [0.2, 0.25) is 0 Å². The first kappa shape index (κ1) is 15.3. The maximum atomic E-state index is 11.5. The second kappa shape index (κ2) is 8.50. The summed E-state index contributed by atoms with van der Waals surface area (Å²) in [5, 5.41) is 11.9. The number of aliphatic hydroxyl groups is 1. The molecule has 0 rings (SSSR count). The van der Waals surface area contributed by atoms with Crippen LogP contribution in [0.15, 0.2) is 0 Å². The Balaban J connectivity index is 3.69. The molecule has 96 valence electrons. The molecule has 0 saturated heterocycles. The fourth-order valence-electron chi connectivity index (χ4n) is 1.34. The first-order valence-electron chi connectivity index (χ1n) is 5.60. The molecule has 0 fully saturated rings. The maximum absolute atomic E-state index is 11.5. The number of carbonyl (C=O) groups excluding carboxylic acids is 1. The Morgan fingerprint density at radius 1 is 1.50 bits per heavy atom. The van der Waals surface area contributed by atoms with Gasteiger partial charge < -0.3 is 15.2 Å². The van der Waals surface area contributed by atoms with Crippen molar-refractivity contribution in [3.8, 4) is 0 Å². The van der Waals surface area contributed by atoms with Crippen LogP contribution in [0.5, 0.6) is 0 Å². The van der Waals surface area contributed by atoms with E-state index in [2.05, 4.69) is 5.32 Å². The van der Waals surface area contributed by atoms with E-state index >= 15 is 0 Å². The molecular formula is C11H24N2O3. The van der Waals surface area contributed by atoms with E-state index in [0.29, 0.717) is 26.1 Å². The Morgan fingerprint density at radius 3 is 2.62 bits per heavy atom.